The van der Waals surface area contributed by atoms with Crippen molar-refractivity contribution < 1.29 is 13.2 Å². The first-order chi connectivity index (χ1) is 8.18. The number of halogens is 3. The quantitative estimate of drug-likeness (QED) is 0.503. The van der Waals surface area contributed by atoms with Crippen molar-refractivity contribution in [1.82, 2.24) is 0 Å². The number of hydrogen-bond acceptors (Lipinski definition) is 0. The lowest BCUT2D eigenvalue weighted by molar-refractivity contribution is 0.524. The molecule has 0 radical (unpaired) electrons. The summed E-state index contributed by atoms with van der Waals surface area (Å²) >= 11 is 0. The average Bonchev–Trinajstić information content (AvgIpc) is 2.36. The van der Waals surface area contributed by atoms with Gasteiger partial charge >= 0.3 is 0 Å². The Morgan fingerprint density at radius 2 is 1.18 bits per heavy atom. The molecule has 0 aliphatic carbocycles. The van der Waals surface area contributed by atoms with Crippen molar-refractivity contribution in [3.8, 4) is 0 Å². The van der Waals surface area contributed by atoms with E-state index in [1.807, 2.05) is 0 Å². The molecule has 0 nitrogen and oxygen atoms in total. The minimum Gasteiger partial charge on any atom is -0.207 e. The van der Waals surface area contributed by atoms with Crippen LogP contribution in [-0.4, -0.2) is 0 Å². The molecule has 0 aromatic heterocycles. The predicted molar refractivity (Wildman–Crippen MR) is 61.3 cm³/mol. The van der Waals surface area contributed by atoms with Crippen LogP contribution in [0, 0.1) is 17.5 Å². The maximum absolute atomic E-state index is 13.8. The summed E-state index contributed by atoms with van der Waals surface area (Å²) in [5.41, 5.74) is 0. The van der Waals surface area contributed by atoms with E-state index in [1.165, 1.54) is 18.2 Å². The van der Waals surface area contributed by atoms with Gasteiger partial charge in [0.05, 0.1) is 0 Å². The third-order valence-electron chi connectivity index (χ3n) is 2.86. The Labute approximate surface area is 95.3 Å². The zero-order valence-electron chi connectivity index (χ0n) is 8.68. The standard InChI is InChI=1S/C14H7F3/c15-8-5-6-10-9-3-1-2-4-11(9)13(16)14(17)12(10)7-8/h1-7H. The molecular weight excluding hydrogens is 225 g/mol. The highest BCUT2D eigenvalue weighted by Crippen LogP contribution is 2.31. The fraction of sp³-hybridized carbons (Fsp3) is 0. The van der Waals surface area contributed by atoms with E-state index < -0.39 is 17.5 Å². The SMILES string of the molecule is Fc1ccc2c(c1)c(F)c(F)c1ccccc12. The minimum absolute atomic E-state index is 0.0267. The summed E-state index contributed by atoms with van der Waals surface area (Å²) in [6.07, 6.45) is 0. The van der Waals surface area contributed by atoms with Crippen molar-refractivity contribution in [2.75, 3.05) is 0 Å². The molecule has 3 rings (SSSR count). The van der Waals surface area contributed by atoms with Crippen LogP contribution in [0.1, 0.15) is 0 Å². The molecule has 0 heterocycles. The second-order valence-corrected chi connectivity index (χ2v) is 3.86. The molecule has 84 valence electrons. The monoisotopic (exact) mass is 232 g/mol. The molecule has 0 N–H and O–H groups in total. The Morgan fingerprint density at radius 3 is 1.94 bits per heavy atom. The van der Waals surface area contributed by atoms with E-state index >= 15 is 0 Å². The van der Waals surface area contributed by atoms with Gasteiger partial charge in [0.1, 0.15) is 5.82 Å². The van der Waals surface area contributed by atoms with Crippen molar-refractivity contribution in [1.29, 1.82) is 0 Å². The summed E-state index contributed by atoms with van der Waals surface area (Å²) in [4.78, 5) is 0. The Morgan fingerprint density at radius 1 is 0.588 bits per heavy atom. The van der Waals surface area contributed by atoms with Gasteiger partial charge < -0.3 is 0 Å². The first-order valence-electron chi connectivity index (χ1n) is 5.13. The molecule has 0 aliphatic rings. The predicted octanol–water partition coefficient (Wildman–Crippen LogP) is 4.41. The molecule has 17 heavy (non-hydrogen) atoms. The Hall–Kier alpha value is -2.03. The molecule has 0 aliphatic heterocycles. The zero-order chi connectivity index (χ0) is 12.0. The summed E-state index contributed by atoms with van der Waals surface area (Å²) in [6.45, 7) is 0. The van der Waals surface area contributed by atoms with Gasteiger partial charge in [-0.2, -0.15) is 0 Å². The summed E-state index contributed by atoms with van der Waals surface area (Å²) in [5, 5.41) is 1.28. The third kappa shape index (κ3) is 1.39. The fourth-order valence-corrected chi connectivity index (χ4v) is 2.08. The van der Waals surface area contributed by atoms with E-state index in [1.54, 1.807) is 18.2 Å². The van der Waals surface area contributed by atoms with Gasteiger partial charge in [-0.15, -0.1) is 0 Å². The van der Waals surface area contributed by atoms with E-state index in [2.05, 4.69) is 0 Å². The zero-order valence-corrected chi connectivity index (χ0v) is 8.68. The Balaban J connectivity index is 2.65. The maximum Gasteiger partial charge on any atom is 0.167 e. The molecule has 0 atom stereocenters. The average molecular weight is 232 g/mol. The van der Waals surface area contributed by atoms with Gasteiger partial charge in [0.15, 0.2) is 11.6 Å². The Bertz CT molecular complexity index is 732. The summed E-state index contributed by atoms with van der Waals surface area (Å²) in [5.74, 6) is -2.51. The van der Waals surface area contributed by atoms with Crippen LogP contribution in [0.2, 0.25) is 0 Å². The minimum atomic E-state index is -1.00. The van der Waals surface area contributed by atoms with Gasteiger partial charge in [-0.05, 0) is 22.9 Å². The number of hydrogen-bond donors (Lipinski definition) is 0. The number of fused-ring (bicyclic) bond motifs is 3. The smallest absolute Gasteiger partial charge is 0.167 e. The van der Waals surface area contributed by atoms with E-state index in [4.69, 9.17) is 0 Å². The molecule has 0 unspecified atom stereocenters. The van der Waals surface area contributed by atoms with Crippen molar-refractivity contribution in [3.05, 3.63) is 59.9 Å². The van der Waals surface area contributed by atoms with Crippen LogP contribution in [0.25, 0.3) is 21.5 Å². The van der Waals surface area contributed by atoms with Crippen molar-refractivity contribution >= 4 is 21.5 Å². The van der Waals surface area contributed by atoms with Crippen molar-refractivity contribution in [2.45, 2.75) is 0 Å². The topological polar surface area (TPSA) is 0 Å². The van der Waals surface area contributed by atoms with Gasteiger partial charge in [-0.3, -0.25) is 0 Å². The van der Waals surface area contributed by atoms with Gasteiger partial charge in [0.25, 0.3) is 0 Å². The molecule has 0 saturated heterocycles. The largest absolute Gasteiger partial charge is 0.207 e. The van der Waals surface area contributed by atoms with Crippen molar-refractivity contribution in [2.24, 2.45) is 0 Å². The first kappa shape index (κ1) is 10.1. The van der Waals surface area contributed by atoms with Crippen LogP contribution in [-0.2, 0) is 0 Å². The van der Waals surface area contributed by atoms with Crippen LogP contribution < -0.4 is 0 Å². The van der Waals surface area contributed by atoms with E-state index in [0.29, 0.717) is 10.8 Å². The van der Waals surface area contributed by atoms with Crippen LogP contribution in [0.4, 0.5) is 13.2 Å². The third-order valence-corrected chi connectivity index (χ3v) is 2.86. The van der Waals surface area contributed by atoms with Crippen LogP contribution in [0.5, 0.6) is 0 Å². The van der Waals surface area contributed by atoms with Crippen molar-refractivity contribution in [3.63, 3.8) is 0 Å². The van der Waals surface area contributed by atoms with Gasteiger partial charge in [-0.25, -0.2) is 13.2 Å². The molecule has 0 fully saturated rings. The molecule has 3 aromatic rings. The molecule has 3 heteroatoms. The number of rotatable bonds is 0. The highest BCUT2D eigenvalue weighted by atomic mass is 19.2. The normalized spacial score (nSPS) is 11.2. The van der Waals surface area contributed by atoms with E-state index in [9.17, 15) is 13.2 Å². The highest BCUT2D eigenvalue weighted by Gasteiger charge is 2.14. The second kappa shape index (κ2) is 3.48. The van der Waals surface area contributed by atoms with Crippen LogP contribution >= 0.6 is 0 Å². The maximum atomic E-state index is 13.8. The van der Waals surface area contributed by atoms with E-state index in [-0.39, 0.29) is 10.8 Å². The number of benzene rings is 3. The Kier molecular flexibility index (Phi) is 2.08. The summed E-state index contributed by atoms with van der Waals surface area (Å²) in [6, 6.07) is 10.3. The second-order valence-electron chi connectivity index (χ2n) is 3.86. The summed E-state index contributed by atoms with van der Waals surface area (Å²) in [7, 11) is 0. The first-order valence-corrected chi connectivity index (χ1v) is 5.13. The molecule has 0 saturated carbocycles. The molecule has 3 aromatic carbocycles. The van der Waals surface area contributed by atoms with Gasteiger partial charge in [0.2, 0.25) is 0 Å². The van der Waals surface area contributed by atoms with Gasteiger partial charge in [-0.1, -0.05) is 30.3 Å². The molecule has 0 amide bonds. The fourth-order valence-electron chi connectivity index (χ4n) is 2.08. The van der Waals surface area contributed by atoms with E-state index in [0.717, 1.165) is 6.07 Å². The van der Waals surface area contributed by atoms with Crippen LogP contribution in [0.15, 0.2) is 42.5 Å². The molecule has 0 spiro atoms. The highest BCUT2D eigenvalue weighted by molar-refractivity contribution is 6.07. The molecular formula is C14H7F3. The lowest BCUT2D eigenvalue weighted by Crippen LogP contribution is -1.91. The van der Waals surface area contributed by atoms with Crippen LogP contribution in [0.3, 0.4) is 0 Å². The lowest BCUT2D eigenvalue weighted by Gasteiger charge is -2.07. The summed E-state index contributed by atoms with van der Waals surface area (Å²) < 4.78 is 40.6. The van der Waals surface area contributed by atoms with Gasteiger partial charge in [0, 0.05) is 10.8 Å². The molecule has 0 bridgehead atoms. The lowest BCUT2D eigenvalue weighted by atomic mass is 10.0.